The minimum Gasteiger partial charge on any atom is -0.455 e. The Hall–Kier alpha value is -6.91. The molecule has 244 valence electrons. The van der Waals surface area contributed by atoms with Crippen molar-refractivity contribution in [3.05, 3.63) is 175 Å². The van der Waals surface area contributed by atoms with Gasteiger partial charge in [-0.2, -0.15) is 0 Å². The van der Waals surface area contributed by atoms with E-state index in [0.717, 1.165) is 0 Å². The van der Waals surface area contributed by atoms with Crippen molar-refractivity contribution in [2.75, 3.05) is 0 Å². The monoisotopic (exact) mass is 683 g/mol. The van der Waals surface area contributed by atoms with Crippen LogP contribution in [0.3, 0.4) is 0 Å². The van der Waals surface area contributed by atoms with Gasteiger partial charge < -0.3 is 4.42 Å². The minimum atomic E-state index is -0.863. The molecule has 52 heavy (non-hydrogen) atoms. The molecule has 10 rings (SSSR count). The zero-order valence-corrected chi connectivity index (χ0v) is 27.0. The molecule has 4 nitrogen and oxygen atoms in total. The fourth-order valence-electron chi connectivity index (χ4n) is 6.34. The lowest BCUT2D eigenvalue weighted by Gasteiger charge is -2.16. The lowest BCUT2D eigenvalue weighted by molar-refractivity contribution is 0.669. The Bertz CT molecular complexity index is 3910. The Morgan fingerprint density at radius 2 is 1.02 bits per heavy atom. The van der Waals surface area contributed by atoms with E-state index in [0.29, 0.717) is 11.1 Å². The molecule has 0 saturated heterocycles. The summed E-state index contributed by atoms with van der Waals surface area (Å²) >= 11 is 0. The van der Waals surface area contributed by atoms with Gasteiger partial charge in [0.25, 0.3) is 0 Å². The van der Waals surface area contributed by atoms with Crippen molar-refractivity contribution >= 4 is 43.5 Å². The number of fused-ring (bicyclic) bond motifs is 6. The molecule has 0 unspecified atom stereocenters. The predicted octanol–water partition coefficient (Wildman–Crippen LogP) is 12.7. The van der Waals surface area contributed by atoms with Crippen molar-refractivity contribution in [3.63, 3.8) is 0 Å². The first-order valence-electron chi connectivity index (χ1n) is 25.1. The molecule has 4 heteroatoms. The first-order valence-corrected chi connectivity index (χ1v) is 16.1. The van der Waals surface area contributed by atoms with Gasteiger partial charge in [0, 0.05) is 38.4 Å². The third-order valence-corrected chi connectivity index (χ3v) is 8.77. The quantitative estimate of drug-likeness (QED) is 0.181. The van der Waals surface area contributed by atoms with Gasteiger partial charge in [-0.15, -0.1) is 0 Å². The van der Waals surface area contributed by atoms with Gasteiger partial charge in [-0.1, -0.05) is 157 Å². The molecule has 0 bridgehead atoms. The largest absolute Gasteiger partial charge is 0.455 e. The molecule has 0 saturated carbocycles. The Kier molecular flexibility index (Phi) is 3.94. The van der Waals surface area contributed by atoms with E-state index in [4.69, 9.17) is 34.4 Å². The number of benzene rings is 8. The fraction of sp³-hybridized carbons (Fsp3) is 0.0208. The van der Waals surface area contributed by atoms with E-state index in [1.165, 1.54) is 0 Å². The van der Waals surface area contributed by atoms with Crippen LogP contribution in [0.15, 0.2) is 174 Å². The summed E-state index contributed by atoms with van der Waals surface area (Å²) in [4.78, 5) is 14.5. The molecule has 0 aliphatic heterocycles. The summed E-state index contributed by atoms with van der Waals surface area (Å²) in [6.45, 7) is 1.54. The second-order valence-corrected chi connectivity index (χ2v) is 11.8. The molecule has 2 aromatic heterocycles. The molecular formula is C48H31N3O. The van der Waals surface area contributed by atoms with E-state index >= 15 is 0 Å². The summed E-state index contributed by atoms with van der Waals surface area (Å²) < 4.78 is 169. The number of furan rings is 1. The maximum absolute atomic E-state index is 10.3. The smallest absolute Gasteiger partial charge is 0.164 e. The average molecular weight is 684 g/mol. The van der Waals surface area contributed by atoms with Gasteiger partial charge >= 0.3 is 0 Å². The number of hydrogen-bond donors (Lipinski definition) is 0. The van der Waals surface area contributed by atoms with Crippen LogP contribution in [-0.2, 0) is 0 Å². The fourth-order valence-corrected chi connectivity index (χ4v) is 6.34. The normalized spacial score (nSPS) is 16.4. The van der Waals surface area contributed by atoms with E-state index in [1.807, 2.05) is 0 Å². The number of aryl methyl sites for hydroxylation is 1. The highest BCUT2D eigenvalue weighted by Crippen LogP contribution is 2.46. The predicted molar refractivity (Wildman–Crippen MR) is 214 cm³/mol. The van der Waals surface area contributed by atoms with Crippen LogP contribution in [0, 0.1) is 6.92 Å². The van der Waals surface area contributed by atoms with Gasteiger partial charge in [0.15, 0.2) is 17.5 Å². The molecule has 0 spiro atoms. The Labute approximate surface area is 326 Å². The molecule has 0 amide bonds. The average Bonchev–Trinajstić information content (AvgIpc) is 3.76. The molecule has 2 heterocycles. The van der Waals surface area contributed by atoms with Crippen molar-refractivity contribution < 1.29 is 29.1 Å². The first kappa shape index (κ1) is 16.9. The van der Waals surface area contributed by atoms with Crippen molar-refractivity contribution in [3.8, 4) is 56.4 Å². The van der Waals surface area contributed by atoms with Crippen molar-refractivity contribution in [1.29, 1.82) is 0 Å². The molecule has 10 aromatic rings. The summed E-state index contributed by atoms with van der Waals surface area (Å²) in [6, 6.07) is 4.29. The Morgan fingerprint density at radius 3 is 1.71 bits per heavy atom. The van der Waals surface area contributed by atoms with Crippen molar-refractivity contribution in [2.24, 2.45) is 0 Å². The maximum atomic E-state index is 10.3. The van der Waals surface area contributed by atoms with Gasteiger partial charge in [-0.3, -0.25) is 0 Å². The molecule has 0 aliphatic rings. The van der Waals surface area contributed by atoms with Crippen LogP contribution in [0.5, 0.6) is 0 Å². The molecule has 0 atom stereocenters. The highest BCUT2D eigenvalue weighted by molar-refractivity contribution is 6.22. The second kappa shape index (κ2) is 12.1. The number of hydrogen-bond acceptors (Lipinski definition) is 4. The van der Waals surface area contributed by atoms with E-state index < -0.39 is 142 Å². The van der Waals surface area contributed by atoms with Crippen LogP contribution in [0.4, 0.5) is 0 Å². The maximum Gasteiger partial charge on any atom is 0.164 e. The summed E-state index contributed by atoms with van der Waals surface area (Å²) in [7, 11) is 0. The molecule has 8 aromatic carbocycles. The summed E-state index contributed by atoms with van der Waals surface area (Å²) in [5, 5.41) is -2.15. The van der Waals surface area contributed by atoms with Gasteiger partial charge in [0.1, 0.15) is 11.2 Å². The molecule has 0 aliphatic carbocycles. The summed E-state index contributed by atoms with van der Waals surface area (Å²) in [5.74, 6) is 0.208. The zero-order valence-electron chi connectivity index (χ0n) is 45.0. The second-order valence-electron chi connectivity index (χ2n) is 11.8. The molecule has 0 N–H and O–H groups in total. The van der Waals surface area contributed by atoms with Crippen LogP contribution >= 0.6 is 0 Å². The van der Waals surface area contributed by atoms with Crippen molar-refractivity contribution in [1.82, 2.24) is 15.0 Å². The Morgan fingerprint density at radius 1 is 0.442 bits per heavy atom. The van der Waals surface area contributed by atoms with E-state index in [9.17, 15) is 9.60 Å². The third-order valence-electron chi connectivity index (χ3n) is 8.77. The van der Waals surface area contributed by atoms with Crippen LogP contribution in [-0.4, -0.2) is 15.0 Å². The topological polar surface area (TPSA) is 51.8 Å². The van der Waals surface area contributed by atoms with Crippen LogP contribution in [0.25, 0.3) is 99.9 Å². The van der Waals surface area contributed by atoms with Crippen molar-refractivity contribution in [2.45, 2.75) is 6.92 Å². The van der Waals surface area contributed by atoms with E-state index in [1.54, 1.807) is 67.6 Å². The standard InChI is InChI=1S/C48H31N3O/c1-30-41(48-50-46(33-18-7-3-8-19-33)49-47(51-48)34-20-9-4-10-21-34)29-42(43-40-26-25-32-17-11-12-22-36(32)45(40)52-44(30)43)39-28-27-35(31-15-5-2-6-16-31)37-23-13-14-24-38(37)39/h2-29H,1H3/i2D,5D,6D,11D,12D,13D,14D,15D,16D,17D,22D,23D,24D,25D,26D,27D,28D,29D. The number of aromatic nitrogens is 3. The lowest BCUT2D eigenvalue weighted by Crippen LogP contribution is -2.01. The van der Waals surface area contributed by atoms with Gasteiger partial charge in [0.2, 0.25) is 0 Å². The van der Waals surface area contributed by atoms with Gasteiger partial charge in [-0.05, 0) is 57.4 Å². The lowest BCUT2D eigenvalue weighted by atomic mass is 9.88. The SMILES string of the molecule is [2H]c1c([2H])c([2H])c(-c2c([2H])c([2H])c(-c3c([2H])c(-c4nc(-c5ccccc5)nc(-c5ccccc5)n4)c(C)c4oc5c6c([2H])c([2H])c([2H])c([2H])c6c([2H])c([2H])c5c34)c3c([2H])c([2H])c([2H])c([2H])c23)c([2H])c1[2H]. The molecular weight excluding hydrogens is 635 g/mol. The number of nitrogens with zero attached hydrogens (tertiary/aromatic N) is 3. The van der Waals surface area contributed by atoms with Gasteiger partial charge in [0.05, 0.1) is 24.7 Å². The molecule has 0 fully saturated rings. The van der Waals surface area contributed by atoms with E-state index in [2.05, 4.69) is 0 Å². The van der Waals surface area contributed by atoms with Crippen LogP contribution in [0.1, 0.15) is 30.2 Å². The van der Waals surface area contributed by atoms with Gasteiger partial charge in [-0.25, -0.2) is 15.0 Å². The zero-order chi connectivity index (χ0) is 50.3. The minimum absolute atomic E-state index is 0.0863. The summed E-state index contributed by atoms with van der Waals surface area (Å²) in [6.07, 6.45) is 0. The first-order chi connectivity index (χ1) is 33.2. The highest BCUT2D eigenvalue weighted by atomic mass is 16.3. The van der Waals surface area contributed by atoms with E-state index in [-0.39, 0.29) is 61.3 Å². The Balaban J connectivity index is 1.49. The summed E-state index contributed by atoms with van der Waals surface area (Å²) in [5.41, 5.74) is -1.45. The highest BCUT2D eigenvalue weighted by Gasteiger charge is 2.23. The van der Waals surface area contributed by atoms with Crippen LogP contribution < -0.4 is 0 Å². The molecule has 0 radical (unpaired) electrons. The third kappa shape index (κ3) is 4.88. The van der Waals surface area contributed by atoms with Crippen LogP contribution in [0.2, 0.25) is 0 Å². The number of rotatable bonds is 5.